The molecule has 0 bridgehead atoms. The molecule has 2 atom stereocenters. The minimum atomic E-state index is -0.271. The molecule has 42 heavy (non-hydrogen) atoms. The van der Waals surface area contributed by atoms with Crippen LogP contribution in [0.5, 0.6) is 0 Å². The Hall–Kier alpha value is -4.44. The van der Waals surface area contributed by atoms with E-state index in [1.165, 1.54) is 10.7 Å². The molecule has 1 unspecified atom stereocenters. The highest BCUT2D eigenvalue weighted by molar-refractivity contribution is 5.61. The van der Waals surface area contributed by atoms with Gasteiger partial charge in [0.05, 0.1) is 55.9 Å². The average molecular weight is 569 g/mol. The second-order valence-electron chi connectivity index (χ2n) is 10.3. The lowest BCUT2D eigenvalue weighted by Crippen LogP contribution is -2.46. The van der Waals surface area contributed by atoms with E-state index in [0.717, 1.165) is 42.6 Å². The van der Waals surface area contributed by atoms with Gasteiger partial charge in [-0.25, -0.2) is 14.6 Å². The van der Waals surface area contributed by atoms with Crippen molar-refractivity contribution in [1.82, 2.24) is 29.5 Å². The van der Waals surface area contributed by atoms with Crippen LogP contribution in [0.25, 0.3) is 22.4 Å². The number of nitrogens with zero attached hydrogens (tertiary/aromatic N) is 8. The third-order valence-corrected chi connectivity index (χ3v) is 7.32. The molecule has 12 heteroatoms. The van der Waals surface area contributed by atoms with E-state index >= 15 is 0 Å². The summed E-state index contributed by atoms with van der Waals surface area (Å²) in [6.45, 7) is 3.88. The van der Waals surface area contributed by atoms with Crippen molar-refractivity contribution in [2.24, 2.45) is 0 Å². The Bertz CT molecular complexity index is 1590. The average Bonchev–Trinajstić information content (AvgIpc) is 3.52. The van der Waals surface area contributed by atoms with Gasteiger partial charge in [-0.2, -0.15) is 15.5 Å². The maximum absolute atomic E-state index is 12.6. The first kappa shape index (κ1) is 27.7. The topological polar surface area (TPSA) is 133 Å². The zero-order valence-electron chi connectivity index (χ0n) is 23.2. The summed E-state index contributed by atoms with van der Waals surface area (Å²) >= 11 is 0. The Balaban J connectivity index is 1.06. The van der Waals surface area contributed by atoms with Crippen LogP contribution in [0.3, 0.4) is 0 Å². The monoisotopic (exact) mass is 568 g/mol. The van der Waals surface area contributed by atoms with Crippen LogP contribution in [0.1, 0.15) is 24.8 Å². The van der Waals surface area contributed by atoms with Gasteiger partial charge in [-0.05, 0) is 37.5 Å². The quantitative estimate of drug-likeness (QED) is 0.297. The van der Waals surface area contributed by atoms with Gasteiger partial charge in [-0.3, -0.25) is 9.48 Å². The molecule has 5 heterocycles. The molecule has 216 valence electrons. The number of hydrogen-bond donors (Lipinski definition) is 0. The van der Waals surface area contributed by atoms with Crippen molar-refractivity contribution >= 4 is 5.95 Å². The minimum Gasteiger partial charge on any atom is -0.373 e. The van der Waals surface area contributed by atoms with E-state index < -0.39 is 0 Å². The van der Waals surface area contributed by atoms with E-state index in [4.69, 9.17) is 14.2 Å². The molecular formula is C30H32N8O4. The SMILES string of the molecule is N#Cc1cccc(-c2ccc(=O)n(C[C@@H]3CN(c4ncc(-c5cnn(CCOC6CCCCO6)c5)cn4)CCO3)n2)c1. The maximum atomic E-state index is 12.6. The summed E-state index contributed by atoms with van der Waals surface area (Å²) in [5.74, 6) is 0.600. The predicted molar refractivity (Wildman–Crippen MR) is 153 cm³/mol. The van der Waals surface area contributed by atoms with Gasteiger partial charge in [0.1, 0.15) is 0 Å². The largest absolute Gasteiger partial charge is 0.373 e. The fourth-order valence-electron chi connectivity index (χ4n) is 5.07. The summed E-state index contributed by atoms with van der Waals surface area (Å²) in [4.78, 5) is 23.9. The molecule has 0 amide bonds. The first-order chi connectivity index (χ1) is 20.6. The van der Waals surface area contributed by atoms with Crippen molar-refractivity contribution in [3.63, 3.8) is 0 Å². The number of rotatable bonds is 9. The third-order valence-electron chi connectivity index (χ3n) is 7.32. The predicted octanol–water partition coefficient (Wildman–Crippen LogP) is 2.88. The molecule has 12 nitrogen and oxygen atoms in total. The number of ether oxygens (including phenoxy) is 3. The van der Waals surface area contributed by atoms with Crippen LogP contribution in [0.15, 0.2) is 66.0 Å². The Labute approximate surface area is 243 Å². The van der Waals surface area contributed by atoms with Gasteiger partial charge in [-0.15, -0.1) is 0 Å². The van der Waals surface area contributed by atoms with Crippen LogP contribution in [-0.4, -0.2) is 74.8 Å². The van der Waals surface area contributed by atoms with Gasteiger partial charge in [0, 0.05) is 61.0 Å². The molecule has 0 aliphatic carbocycles. The van der Waals surface area contributed by atoms with Crippen molar-refractivity contribution < 1.29 is 14.2 Å². The second kappa shape index (κ2) is 13.0. The molecule has 2 fully saturated rings. The maximum Gasteiger partial charge on any atom is 0.266 e. The smallest absolute Gasteiger partial charge is 0.266 e. The second-order valence-corrected chi connectivity index (χ2v) is 10.3. The molecule has 0 spiro atoms. The van der Waals surface area contributed by atoms with E-state index in [1.54, 1.807) is 42.9 Å². The van der Waals surface area contributed by atoms with Crippen LogP contribution in [0, 0.1) is 11.3 Å². The van der Waals surface area contributed by atoms with Crippen molar-refractivity contribution in [2.75, 3.05) is 37.8 Å². The Morgan fingerprint density at radius 1 is 1.02 bits per heavy atom. The molecule has 0 radical (unpaired) electrons. The van der Waals surface area contributed by atoms with Gasteiger partial charge in [0.15, 0.2) is 6.29 Å². The molecule has 0 saturated carbocycles. The summed E-state index contributed by atoms with van der Waals surface area (Å²) < 4.78 is 20.7. The van der Waals surface area contributed by atoms with E-state index in [-0.39, 0.29) is 24.5 Å². The van der Waals surface area contributed by atoms with E-state index in [2.05, 4.69) is 31.1 Å². The van der Waals surface area contributed by atoms with Crippen LogP contribution in [0.2, 0.25) is 0 Å². The Kier molecular flexibility index (Phi) is 8.60. The summed E-state index contributed by atoms with van der Waals surface area (Å²) in [6, 6.07) is 12.4. The van der Waals surface area contributed by atoms with Gasteiger partial charge in [-0.1, -0.05) is 12.1 Å². The summed E-state index contributed by atoms with van der Waals surface area (Å²) in [7, 11) is 0. The Morgan fingerprint density at radius 3 is 2.76 bits per heavy atom. The fraction of sp³-hybridized carbons (Fsp3) is 0.400. The summed E-state index contributed by atoms with van der Waals surface area (Å²) in [5.41, 5.74) is 3.52. The molecular weight excluding hydrogens is 536 g/mol. The van der Waals surface area contributed by atoms with Crippen LogP contribution < -0.4 is 10.5 Å². The zero-order valence-corrected chi connectivity index (χ0v) is 23.2. The molecule has 2 aliphatic rings. The standard InChI is InChI=1S/C30H32N8O4/c31-15-22-4-3-5-23(14-22)27-7-8-28(39)38(35-27)21-26-20-36(9-12-40-26)30-32-16-24(17-33-30)25-18-34-37(19-25)10-13-42-29-6-1-2-11-41-29/h3-5,7-8,14,16-19,26,29H,1-2,6,9-13,20-21H2/t26-,29?/m0/s1. The first-order valence-electron chi connectivity index (χ1n) is 14.2. The van der Waals surface area contributed by atoms with E-state index in [0.29, 0.717) is 50.1 Å². The van der Waals surface area contributed by atoms with Gasteiger partial charge < -0.3 is 19.1 Å². The van der Waals surface area contributed by atoms with Crippen molar-refractivity contribution in [2.45, 2.75) is 44.7 Å². The zero-order chi connectivity index (χ0) is 28.7. The highest BCUT2D eigenvalue weighted by Crippen LogP contribution is 2.21. The van der Waals surface area contributed by atoms with Crippen molar-refractivity contribution in [3.8, 4) is 28.5 Å². The van der Waals surface area contributed by atoms with Gasteiger partial charge >= 0.3 is 0 Å². The van der Waals surface area contributed by atoms with Crippen LogP contribution in [-0.2, 0) is 27.3 Å². The number of benzene rings is 1. The number of aromatic nitrogens is 6. The minimum absolute atomic E-state index is 0.107. The number of hydrogen-bond acceptors (Lipinski definition) is 10. The molecule has 1 aromatic carbocycles. The lowest BCUT2D eigenvalue weighted by molar-refractivity contribution is -0.163. The van der Waals surface area contributed by atoms with Crippen LogP contribution >= 0.6 is 0 Å². The molecule has 2 saturated heterocycles. The highest BCUT2D eigenvalue weighted by Gasteiger charge is 2.24. The summed E-state index contributed by atoms with van der Waals surface area (Å²) in [5, 5.41) is 18.2. The third kappa shape index (κ3) is 6.71. The van der Waals surface area contributed by atoms with Crippen LogP contribution in [0.4, 0.5) is 5.95 Å². The Morgan fingerprint density at radius 2 is 1.93 bits per heavy atom. The number of nitriles is 1. The highest BCUT2D eigenvalue weighted by atomic mass is 16.7. The number of morpholine rings is 1. The lowest BCUT2D eigenvalue weighted by Gasteiger charge is -2.33. The first-order valence-corrected chi connectivity index (χ1v) is 14.2. The molecule has 6 rings (SSSR count). The van der Waals surface area contributed by atoms with E-state index in [1.807, 2.05) is 16.9 Å². The van der Waals surface area contributed by atoms with E-state index in [9.17, 15) is 10.1 Å². The molecule has 3 aromatic heterocycles. The molecule has 2 aliphatic heterocycles. The normalized spacial score (nSPS) is 19.0. The van der Waals surface area contributed by atoms with Gasteiger partial charge in [0.25, 0.3) is 5.56 Å². The van der Waals surface area contributed by atoms with Crippen molar-refractivity contribution in [1.29, 1.82) is 5.26 Å². The lowest BCUT2D eigenvalue weighted by atomic mass is 10.1. The summed E-state index contributed by atoms with van der Waals surface area (Å²) in [6.07, 6.45) is 10.2. The molecule has 0 N–H and O–H groups in total. The fourth-order valence-corrected chi connectivity index (χ4v) is 5.07. The van der Waals surface area contributed by atoms with Gasteiger partial charge in [0.2, 0.25) is 5.95 Å². The van der Waals surface area contributed by atoms with Crippen molar-refractivity contribution in [3.05, 3.63) is 77.1 Å². The molecule has 4 aromatic rings. The number of anilines is 1.